The van der Waals surface area contributed by atoms with E-state index in [1.165, 1.54) is 0 Å². The molecule has 0 amide bonds. The van der Waals surface area contributed by atoms with E-state index in [0.29, 0.717) is 6.42 Å². The molecule has 0 aromatic carbocycles. The lowest BCUT2D eigenvalue weighted by molar-refractivity contribution is -0.153. The topological polar surface area (TPSA) is 43.4 Å². The third-order valence-electron chi connectivity index (χ3n) is 2.23. The lowest BCUT2D eigenvalue weighted by Crippen LogP contribution is -2.21. The predicted octanol–water partition coefficient (Wildman–Crippen LogP) is 2.67. The summed E-state index contributed by atoms with van der Waals surface area (Å²) >= 11 is 0. The van der Waals surface area contributed by atoms with Gasteiger partial charge in [-0.1, -0.05) is 17.7 Å². The first kappa shape index (κ1) is 14.6. The molecule has 3 nitrogen and oxygen atoms in total. The normalized spacial score (nSPS) is 11.7. The van der Waals surface area contributed by atoms with Crippen molar-refractivity contribution in [3.8, 4) is 0 Å². The Balaban J connectivity index is 4.40. The Morgan fingerprint density at radius 3 is 2.12 bits per heavy atom. The van der Waals surface area contributed by atoms with Gasteiger partial charge < -0.3 is 4.74 Å². The minimum absolute atomic E-state index is 0.0191. The number of carbonyl (C=O) groups is 2. The van der Waals surface area contributed by atoms with Crippen LogP contribution in [0.25, 0.3) is 0 Å². The zero-order valence-corrected chi connectivity index (χ0v) is 10.3. The summed E-state index contributed by atoms with van der Waals surface area (Å²) in [6, 6.07) is 0. The van der Waals surface area contributed by atoms with Crippen molar-refractivity contribution in [1.29, 1.82) is 0 Å². The van der Waals surface area contributed by atoms with Gasteiger partial charge in [0.05, 0.1) is 6.61 Å². The first-order valence-corrected chi connectivity index (χ1v) is 5.38. The second-order valence-electron chi connectivity index (χ2n) is 4.05. The molecule has 0 aromatic rings. The van der Waals surface area contributed by atoms with Gasteiger partial charge in [0.15, 0.2) is 0 Å². The SMILES string of the molecule is C=C(C)CC(CC(=O)C(=O)OCC)C(=C)C. The highest BCUT2D eigenvalue weighted by Crippen LogP contribution is 2.21. The van der Waals surface area contributed by atoms with E-state index in [-0.39, 0.29) is 18.9 Å². The molecule has 1 atom stereocenters. The molecule has 0 aromatic heterocycles. The first-order chi connectivity index (χ1) is 7.38. The average Bonchev–Trinajstić information content (AvgIpc) is 2.16. The molecular weight excluding hydrogens is 204 g/mol. The molecule has 0 aliphatic rings. The van der Waals surface area contributed by atoms with Crippen molar-refractivity contribution < 1.29 is 14.3 Å². The standard InChI is InChI=1S/C13H20O3/c1-6-16-13(15)12(14)8-11(10(4)5)7-9(2)3/h11H,2,4,6-8H2,1,3,5H3. The van der Waals surface area contributed by atoms with Gasteiger partial charge in [0.1, 0.15) is 0 Å². The number of allylic oxidation sites excluding steroid dienone is 2. The smallest absolute Gasteiger partial charge is 0.374 e. The highest BCUT2D eigenvalue weighted by atomic mass is 16.5. The molecule has 0 aliphatic carbocycles. The molecule has 16 heavy (non-hydrogen) atoms. The summed E-state index contributed by atoms with van der Waals surface area (Å²) in [7, 11) is 0. The monoisotopic (exact) mass is 224 g/mol. The van der Waals surface area contributed by atoms with Crippen molar-refractivity contribution in [2.75, 3.05) is 6.61 Å². The Kier molecular flexibility index (Phi) is 6.38. The summed E-state index contributed by atoms with van der Waals surface area (Å²) in [6.07, 6.45) is 0.835. The largest absolute Gasteiger partial charge is 0.460 e. The van der Waals surface area contributed by atoms with E-state index in [4.69, 9.17) is 0 Å². The molecule has 0 saturated heterocycles. The summed E-state index contributed by atoms with van der Waals surface area (Å²) in [5, 5.41) is 0. The van der Waals surface area contributed by atoms with Gasteiger partial charge in [-0.05, 0) is 33.1 Å². The highest BCUT2D eigenvalue weighted by Gasteiger charge is 2.21. The van der Waals surface area contributed by atoms with E-state index in [9.17, 15) is 9.59 Å². The summed E-state index contributed by atoms with van der Waals surface area (Å²) in [6.45, 7) is 13.3. The summed E-state index contributed by atoms with van der Waals surface area (Å²) in [5.41, 5.74) is 1.87. The maximum atomic E-state index is 11.5. The van der Waals surface area contributed by atoms with Crippen molar-refractivity contribution in [3.63, 3.8) is 0 Å². The molecule has 0 rings (SSSR count). The lowest BCUT2D eigenvalue weighted by atomic mass is 9.90. The fourth-order valence-corrected chi connectivity index (χ4v) is 1.36. The van der Waals surface area contributed by atoms with Gasteiger partial charge in [0, 0.05) is 6.42 Å². The van der Waals surface area contributed by atoms with Crippen LogP contribution in [0.2, 0.25) is 0 Å². The number of hydrogen-bond donors (Lipinski definition) is 0. The van der Waals surface area contributed by atoms with Crippen LogP contribution >= 0.6 is 0 Å². The van der Waals surface area contributed by atoms with Crippen LogP contribution in [0.3, 0.4) is 0 Å². The summed E-state index contributed by atoms with van der Waals surface area (Å²) in [5.74, 6) is -1.26. The van der Waals surface area contributed by atoms with Gasteiger partial charge in [-0.25, -0.2) is 4.79 Å². The van der Waals surface area contributed by atoms with Crippen molar-refractivity contribution >= 4 is 11.8 Å². The number of ether oxygens (including phenoxy) is 1. The van der Waals surface area contributed by atoms with Crippen LogP contribution in [0.15, 0.2) is 24.3 Å². The van der Waals surface area contributed by atoms with E-state index in [2.05, 4.69) is 17.9 Å². The summed E-state index contributed by atoms with van der Waals surface area (Å²) < 4.78 is 4.65. The van der Waals surface area contributed by atoms with Crippen LogP contribution < -0.4 is 0 Å². The second kappa shape index (κ2) is 6.99. The maximum Gasteiger partial charge on any atom is 0.374 e. The Bertz CT molecular complexity index is 302. The Morgan fingerprint density at radius 1 is 1.19 bits per heavy atom. The number of rotatable bonds is 7. The quantitative estimate of drug-likeness (QED) is 0.379. The number of esters is 1. The van der Waals surface area contributed by atoms with Crippen LogP contribution in [0.5, 0.6) is 0 Å². The fraction of sp³-hybridized carbons (Fsp3) is 0.538. The molecule has 0 fully saturated rings. The minimum atomic E-state index is -0.754. The number of ketones is 1. The molecule has 1 unspecified atom stereocenters. The third-order valence-corrected chi connectivity index (χ3v) is 2.23. The van der Waals surface area contributed by atoms with E-state index in [0.717, 1.165) is 11.1 Å². The predicted molar refractivity (Wildman–Crippen MR) is 64.0 cm³/mol. The zero-order chi connectivity index (χ0) is 12.7. The molecule has 0 bridgehead atoms. The van der Waals surface area contributed by atoms with E-state index < -0.39 is 11.8 Å². The van der Waals surface area contributed by atoms with Crippen molar-refractivity contribution in [1.82, 2.24) is 0 Å². The Labute approximate surface area is 97.2 Å². The maximum absolute atomic E-state index is 11.5. The average molecular weight is 224 g/mol. The zero-order valence-electron chi connectivity index (χ0n) is 10.3. The van der Waals surface area contributed by atoms with Gasteiger partial charge in [-0.2, -0.15) is 0 Å². The van der Waals surface area contributed by atoms with E-state index in [1.54, 1.807) is 6.92 Å². The minimum Gasteiger partial charge on any atom is -0.460 e. The van der Waals surface area contributed by atoms with Crippen LogP contribution in [0.1, 0.15) is 33.6 Å². The Morgan fingerprint density at radius 2 is 1.75 bits per heavy atom. The van der Waals surface area contributed by atoms with Crippen LogP contribution in [0, 0.1) is 5.92 Å². The Hall–Kier alpha value is -1.38. The van der Waals surface area contributed by atoms with Gasteiger partial charge in [-0.3, -0.25) is 4.79 Å². The molecule has 90 valence electrons. The number of Topliss-reactive ketones (excluding diaryl/α,β-unsaturated/α-hetero) is 1. The third kappa shape index (κ3) is 5.49. The fourth-order valence-electron chi connectivity index (χ4n) is 1.36. The van der Waals surface area contributed by atoms with Crippen molar-refractivity contribution in [3.05, 3.63) is 24.3 Å². The van der Waals surface area contributed by atoms with Crippen molar-refractivity contribution in [2.24, 2.45) is 5.92 Å². The second-order valence-corrected chi connectivity index (χ2v) is 4.05. The molecule has 0 saturated carbocycles. The number of hydrogen-bond acceptors (Lipinski definition) is 3. The molecule has 0 heterocycles. The highest BCUT2D eigenvalue weighted by molar-refractivity contribution is 6.33. The van der Waals surface area contributed by atoms with Gasteiger partial charge in [0.25, 0.3) is 0 Å². The molecule has 0 aliphatic heterocycles. The lowest BCUT2D eigenvalue weighted by Gasteiger charge is -2.15. The molecule has 0 N–H and O–H groups in total. The van der Waals surface area contributed by atoms with Gasteiger partial charge >= 0.3 is 5.97 Å². The van der Waals surface area contributed by atoms with Crippen LogP contribution in [-0.2, 0) is 14.3 Å². The van der Waals surface area contributed by atoms with Gasteiger partial charge in [-0.15, -0.1) is 6.58 Å². The first-order valence-electron chi connectivity index (χ1n) is 5.38. The van der Waals surface area contributed by atoms with Crippen LogP contribution in [0.4, 0.5) is 0 Å². The molecule has 3 heteroatoms. The van der Waals surface area contributed by atoms with Crippen LogP contribution in [-0.4, -0.2) is 18.4 Å². The van der Waals surface area contributed by atoms with E-state index >= 15 is 0 Å². The molecule has 0 radical (unpaired) electrons. The molecular formula is C13H20O3. The molecule has 0 spiro atoms. The van der Waals surface area contributed by atoms with Crippen molar-refractivity contribution in [2.45, 2.75) is 33.6 Å². The van der Waals surface area contributed by atoms with E-state index in [1.807, 2.05) is 13.8 Å². The van der Waals surface area contributed by atoms with Gasteiger partial charge in [0.2, 0.25) is 5.78 Å². The summed E-state index contributed by atoms with van der Waals surface area (Å²) in [4.78, 5) is 22.6. The number of carbonyl (C=O) groups excluding carboxylic acids is 2.